The van der Waals surface area contributed by atoms with Crippen molar-refractivity contribution in [3.8, 4) is 0 Å². The SMILES string of the molecule is NC(N)=NCCCC(NC(=O)C(CS)NC(=O)C(CO)NC(=O)C(N)Cc1c[nH]c2ccccc12)C(=O)O. The Morgan fingerprint density at radius 3 is 2.26 bits per heavy atom. The van der Waals surface area contributed by atoms with Crippen molar-refractivity contribution in [2.24, 2.45) is 22.2 Å². The third-order valence-corrected chi connectivity index (χ3v) is 6.01. The highest BCUT2D eigenvalue weighted by molar-refractivity contribution is 7.80. The molecule has 3 amide bonds. The molecule has 0 aliphatic heterocycles. The summed E-state index contributed by atoms with van der Waals surface area (Å²) in [6.45, 7) is -0.587. The second-order valence-corrected chi connectivity index (χ2v) is 8.87. The van der Waals surface area contributed by atoms with Gasteiger partial charge in [-0.05, 0) is 30.9 Å². The fourth-order valence-electron chi connectivity index (χ4n) is 3.60. The molecule has 0 aliphatic rings. The zero-order valence-corrected chi connectivity index (χ0v) is 21.5. The Morgan fingerprint density at radius 2 is 1.63 bits per heavy atom. The number of thiol groups is 1. The highest BCUT2D eigenvalue weighted by Crippen LogP contribution is 2.18. The van der Waals surface area contributed by atoms with Crippen LogP contribution in [0.25, 0.3) is 10.9 Å². The number of guanidine groups is 1. The molecule has 4 atom stereocenters. The van der Waals surface area contributed by atoms with E-state index < -0.39 is 54.5 Å². The molecule has 0 fully saturated rings. The van der Waals surface area contributed by atoms with Crippen LogP contribution in [0.3, 0.4) is 0 Å². The number of nitrogens with one attached hydrogen (secondary N) is 4. The number of aliphatic hydroxyl groups is 1. The zero-order valence-electron chi connectivity index (χ0n) is 20.6. The molecule has 0 saturated heterocycles. The molecule has 0 aliphatic carbocycles. The molecule has 0 spiro atoms. The highest BCUT2D eigenvalue weighted by atomic mass is 32.1. The number of carbonyl (C=O) groups is 4. The maximum absolute atomic E-state index is 12.7. The number of carbonyl (C=O) groups excluding carboxylic acids is 3. The van der Waals surface area contributed by atoms with Crippen molar-refractivity contribution in [1.29, 1.82) is 0 Å². The zero-order chi connectivity index (χ0) is 28.2. The summed E-state index contributed by atoms with van der Waals surface area (Å²) in [6, 6.07) is 2.58. The highest BCUT2D eigenvalue weighted by Gasteiger charge is 2.29. The first-order chi connectivity index (χ1) is 18.1. The van der Waals surface area contributed by atoms with Crippen LogP contribution in [-0.2, 0) is 25.6 Å². The molecular formula is C23H34N8O6S. The minimum atomic E-state index is -1.40. The summed E-state index contributed by atoms with van der Waals surface area (Å²) in [5.74, 6) is -3.94. The number of carboxylic acid groups (broad SMARTS) is 1. The summed E-state index contributed by atoms with van der Waals surface area (Å²) in [5, 5.41) is 27.1. The molecule has 15 heteroatoms. The molecular weight excluding hydrogens is 516 g/mol. The lowest BCUT2D eigenvalue weighted by molar-refractivity contribution is -0.142. The molecule has 2 aromatic rings. The van der Waals surface area contributed by atoms with Crippen LogP contribution in [0.5, 0.6) is 0 Å². The largest absolute Gasteiger partial charge is 0.480 e. The van der Waals surface area contributed by atoms with Crippen molar-refractivity contribution < 1.29 is 29.4 Å². The number of fused-ring (bicyclic) bond motifs is 1. The topological polar surface area (TPSA) is 251 Å². The van der Waals surface area contributed by atoms with Gasteiger partial charge in [0, 0.05) is 29.4 Å². The third-order valence-electron chi connectivity index (χ3n) is 5.64. The average Bonchev–Trinajstić information content (AvgIpc) is 3.29. The van der Waals surface area contributed by atoms with E-state index in [0.29, 0.717) is 0 Å². The van der Waals surface area contributed by atoms with Crippen LogP contribution >= 0.6 is 12.6 Å². The predicted molar refractivity (Wildman–Crippen MR) is 144 cm³/mol. The van der Waals surface area contributed by atoms with Crippen molar-refractivity contribution in [3.05, 3.63) is 36.0 Å². The monoisotopic (exact) mass is 550 g/mol. The van der Waals surface area contributed by atoms with E-state index in [1.165, 1.54) is 0 Å². The molecule has 1 aromatic heterocycles. The van der Waals surface area contributed by atoms with Crippen LogP contribution in [0, 0.1) is 0 Å². The molecule has 1 heterocycles. The standard InChI is InChI=1S/C23H34N8O6S/c24-14(8-12-9-28-15-5-2-1-4-13(12)15)19(33)30-17(10-32)20(34)31-18(11-38)21(35)29-16(22(36)37)6-3-7-27-23(25)26/h1-2,4-5,9,14,16-18,28,32,38H,3,6-8,10-11,24H2,(H,29,35)(H,30,33)(H,31,34)(H,36,37)(H4,25,26,27). The molecule has 4 unspecified atom stereocenters. The molecule has 12 N–H and O–H groups in total. The number of benzene rings is 1. The van der Waals surface area contributed by atoms with E-state index in [1.54, 1.807) is 6.20 Å². The number of aromatic nitrogens is 1. The predicted octanol–water partition coefficient (Wildman–Crippen LogP) is -2.45. The number of nitrogens with two attached hydrogens (primary N) is 3. The van der Waals surface area contributed by atoms with E-state index in [-0.39, 0.29) is 37.5 Å². The summed E-state index contributed by atoms with van der Waals surface area (Å²) in [6.07, 6.45) is 2.24. The second-order valence-electron chi connectivity index (χ2n) is 8.51. The Balaban J connectivity index is 1.94. The van der Waals surface area contributed by atoms with Gasteiger partial charge in [-0.1, -0.05) is 18.2 Å². The Kier molecular flexibility index (Phi) is 11.8. The Hall–Kier alpha value is -3.82. The van der Waals surface area contributed by atoms with E-state index in [2.05, 4.69) is 38.6 Å². The lowest BCUT2D eigenvalue weighted by atomic mass is 10.0. The van der Waals surface area contributed by atoms with Crippen LogP contribution in [0.2, 0.25) is 0 Å². The van der Waals surface area contributed by atoms with Gasteiger partial charge < -0.3 is 48.3 Å². The van der Waals surface area contributed by atoms with Crippen molar-refractivity contribution in [3.63, 3.8) is 0 Å². The number of carboxylic acids is 1. The van der Waals surface area contributed by atoms with Crippen molar-refractivity contribution >= 4 is 53.2 Å². The summed E-state index contributed by atoms with van der Waals surface area (Å²) < 4.78 is 0. The maximum atomic E-state index is 12.7. The van der Waals surface area contributed by atoms with Crippen LogP contribution < -0.4 is 33.2 Å². The lowest BCUT2D eigenvalue weighted by Gasteiger charge is -2.23. The van der Waals surface area contributed by atoms with E-state index in [0.717, 1.165) is 16.5 Å². The Labute approximate surface area is 224 Å². The van der Waals surface area contributed by atoms with Crippen LogP contribution in [0.1, 0.15) is 18.4 Å². The number of hydrogen-bond donors (Lipinski definition) is 10. The van der Waals surface area contributed by atoms with Gasteiger partial charge in [-0.15, -0.1) is 0 Å². The van der Waals surface area contributed by atoms with E-state index in [1.807, 2.05) is 24.3 Å². The van der Waals surface area contributed by atoms with E-state index >= 15 is 0 Å². The molecule has 2 rings (SSSR count). The van der Waals surface area contributed by atoms with E-state index in [4.69, 9.17) is 17.2 Å². The fraction of sp³-hybridized carbons (Fsp3) is 0.435. The van der Waals surface area contributed by atoms with Crippen molar-refractivity contribution in [2.45, 2.75) is 43.4 Å². The number of H-pyrrole nitrogens is 1. The number of para-hydroxylation sites is 1. The quantitative estimate of drug-likeness (QED) is 0.0488. The minimum Gasteiger partial charge on any atom is -0.480 e. The number of aromatic amines is 1. The number of amides is 3. The Bertz CT molecular complexity index is 1150. The first-order valence-corrected chi connectivity index (χ1v) is 12.4. The van der Waals surface area contributed by atoms with Gasteiger partial charge in [-0.25, -0.2) is 4.79 Å². The molecule has 14 nitrogen and oxygen atoms in total. The first kappa shape index (κ1) is 30.4. The van der Waals surface area contributed by atoms with Gasteiger partial charge >= 0.3 is 5.97 Å². The number of hydrogen-bond acceptors (Lipinski definition) is 8. The second kappa shape index (κ2) is 14.8. The summed E-state index contributed by atoms with van der Waals surface area (Å²) in [5.41, 5.74) is 18.2. The molecule has 208 valence electrons. The van der Waals surface area contributed by atoms with Gasteiger partial charge in [-0.2, -0.15) is 12.6 Å². The molecule has 0 radical (unpaired) electrons. The number of rotatable bonds is 15. The number of nitrogens with zero attached hydrogens (tertiary/aromatic N) is 1. The average molecular weight is 551 g/mol. The van der Waals surface area contributed by atoms with E-state index in [9.17, 15) is 29.4 Å². The van der Waals surface area contributed by atoms with Gasteiger partial charge in [0.05, 0.1) is 12.6 Å². The minimum absolute atomic E-state index is 0.0364. The van der Waals surface area contributed by atoms with Crippen LogP contribution in [0.15, 0.2) is 35.5 Å². The number of aliphatic carboxylic acids is 1. The molecule has 38 heavy (non-hydrogen) atoms. The first-order valence-electron chi connectivity index (χ1n) is 11.8. The summed E-state index contributed by atoms with van der Waals surface area (Å²) >= 11 is 4.05. The smallest absolute Gasteiger partial charge is 0.326 e. The lowest BCUT2D eigenvalue weighted by Crippen LogP contribution is -2.58. The van der Waals surface area contributed by atoms with Crippen LogP contribution in [0.4, 0.5) is 0 Å². The van der Waals surface area contributed by atoms with Gasteiger partial charge in [0.25, 0.3) is 0 Å². The normalized spacial score (nSPS) is 14.1. The van der Waals surface area contributed by atoms with Crippen LogP contribution in [-0.4, -0.2) is 87.9 Å². The van der Waals surface area contributed by atoms with Crippen molar-refractivity contribution in [2.75, 3.05) is 18.9 Å². The summed E-state index contributed by atoms with van der Waals surface area (Å²) in [4.78, 5) is 56.3. The van der Waals surface area contributed by atoms with Gasteiger partial charge in [0.15, 0.2) is 5.96 Å². The molecule has 0 saturated carbocycles. The number of aliphatic hydroxyl groups excluding tert-OH is 1. The van der Waals surface area contributed by atoms with Gasteiger partial charge in [0.2, 0.25) is 17.7 Å². The molecule has 1 aromatic carbocycles. The fourth-order valence-corrected chi connectivity index (χ4v) is 3.86. The Morgan fingerprint density at radius 1 is 1.00 bits per heavy atom. The maximum Gasteiger partial charge on any atom is 0.326 e. The van der Waals surface area contributed by atoms with Gasteiger partial charge in [-0.3, -0.25) is 19.4 Å². The third kappa shape index (κ3) is 8.93. The summed E-state index contributed by atoms with van der Waals surface area (Å²) in [7, 11) is 0. The van der Waals surface area contributed by atoms with Crippen molar-refractivity contribution in [1.82, 2.24) is 20.9 Å². The van der Waals surface area contributed by atoms with Gasteiger partial charge in [0.1, 0.15) is 18.1 Å². The number of aliphatic imine (C=N–C) groups is 1. The molecule has 0 bridgehead atoms.